The number of anilines is 1. The molecule has 0 bridgehead atoms. The Balaban J connectivity index is 1.51. The van der Waals surface area contributed by atoms with Gasteiger partial charge in [0.05, 0.1) is 26.4 Å². The molecular formula is C25H15BrClF2N5O2S. The lowest BCUT2D eigenvalue weighted by Crippen LogP contribution is -2.17. The quantitative estimate of drug-likeness (QED) is 0.129. The summed E-state index contributed by atoms with van der Waals surface area (Å²) >= 11 is 10.4. The van der Waals surface area contributed by atoms with Gasteiger partial charge in [-0.2, -0.15) is 5.10 Å². The van der Waals surface area contributed by atoms with E-state index in [2.05, 4.69) is 36.3 Å². The molecule has 0 aliphatic heterocycles. The van der Waals surface area contributed by atoms with E-state index in [4.69, 9.17) is 11.6 Å². The van der Waals surface area contributed by atoms with Crippen molar-refractivity contribution < 1.29 is 18.4 Å². The van der Waals surface area contributed by atoms with E-state index in [0.717, 1.165) is 11.8 Å². The predicted octanol–water partition coefficient (Wildman–Crippen LogP) is 6.65. The van der Waals surface area contributed by atoms with Crippen molar-refractivity contribution in [3.05, 3.63) is 98.9 Å². The molecule has 12 heteroatoms. The molecule has 0 unspecified atom stereocenters. The normalized spacial score (nSPS) is 11.2. The van der Waals surface area contributed by atoms with Gasteiger partial charge in [-0.05, 0) is 46.5 Å². The van der Waals surface area contributed by atoms with Crippen molar-refractivity contribution in [3.8, 4) is 5.69 Å². The van der Waals surface area contributed by atoms with Crippen LogP contribution in [0.4, 0.5) is 14.5 Å². The number of nitrogens with zero attached hydrogens (tertiary/aromatic N) is 3. The Morgan fingerprint density at radius 3 is 2.62 bits per heavy atom. The van der Waals surface area contributed by atoms with Crippen LogP contribution in [0.15, 0.2) is 70.4 Å². The maximum absolute atomic E-state index is 15.5. The summed E-state index contributed by atoms with van der Waals surface area (Å²) in [5, 5.41) is 7.99. The van der Waals surface area contributed by atoms with Crippen LogP contribution in [-0.4, -0.2) is 37.7 Å². The van der Waals surface area contributed by atoms with Crippen molar-refractivity contribution in [3.63, 3.8) is 0 Å². The van der Waals surface area contributed by atoms with Crippen LogP contribution in [0.3, 0.4) is 0 Å². The van der Waals surface area contributed by atoms with Gasteiger partial charge >= 0.3 is 0 Å². The number of carbonyl (C=O) groups is 2. The Morgan fingerprint density at radius 1 is 1.14 bits per heavy atom. The number of aromatic nitrogens is 4. The molecule has 2 N–H and O–H groups in total. The van der Waals surface area contributed by atoms with Gasteiger partial charge in [0.15, 0.2) is 17.3 Å². The standard InChI is InChI=1S/C25H15BrClF2N5O2S/c1-37-19-9-18(33-34(19)13-5-3-2-4-6-13)25(36)32-17-8-16(26)21(28)20(22(17)29)23(35)15-11-31-24-14(15)7-12(27)10-30-24/h2-11H,1H3,(H,30,31)(H,32,36). The molecule has 0 aliphatic carbocycles. The van der Waals surface area contributed by atoms with Gasteiger partial charge in [0, 0.05) is 29.4 Å². The average molecular weight is 603 g/mol. The number of H-pyrrole nitrogens is 1. The number of benzene rings is 2. The third-order valence-electron chi connectivity index (χ3n) is 5.49. The van der Waals surface area contributed by atoms with Crippen LogP contribution in [-0.2, 0) is 0 Å². The lowest BCUT2D eigenvalue weighted by Gasteiger charge is -2.11. The summed E-state index contributed by atoms with van der Waals surface area (Å²) < 4.78 is 32.0. The van der Waals surface area contributed by atoms with Gasteiger partial charge in [-0.25, -0.2) is 18.4 Å². The molecule has 1 amide bonds. The summed E-state index contributed by atoms with van der Waals surface area (Å²) in [7, 11) is 0. The molecule has 0 aliphatic rings. The van der Waals surface area contributed by atoms with E-state index in [9.17, 15) is 9.59 Å². The van der Waals surface area contributed by atoms with Crippen molar-refractivity contribution in [2.75, 3.05) is 11.6 Å². The molecular weight excluding hydrogens is 588 g/mol. The van der Waals surface area contributed by atoms with E-state index in [1.165, 1.54) is 30.2 Å². The van der Waals surface area contributed by atoms with Crippen LogP contribution in [0.5, 0.6) is 0 Å². The summed E-state index contributed by atoms with van der Waals surface area (Å²) in [6.45, 7) is 0. The predicted molar refractivity (Wildman–Crippen MR) is 142 cm³/mol. The van der Waals surface area contributed by atoms with E-state index in [1.807, 2.05) is 36.6 Å². The number of carbonyl (C=O) groups excluding carboxylic acids is 2. The highest BCUT2D eigenvalue weighted by atomic mass is 79.9. The third kappa shape index (κ3) is 4.65. The van der Waals surface area contributed by atoms with Crippen LogP contribution < -0.4 is 5.32 Å². The molecule has 7 nitrogen and oxygen atoms in total. The Morgan fingerprint density at radius 2 is 1.89 bits per heavy atom. The first-order valence-electron chi connectivity index (χ1n) is 10.6. The number of rotatable bonds is 6. The average Bonchev–Trinajstić information content (AvgIpc) is 3.52. The van der Waals surface area contributed by atoms with Gasteiger partial charge < -0.3 is 10.3 Å². The Kier molecular flexibility index (Phi) is 6.84. The lowest BCUT2D eigenvalue weighted by molar-refractivity contribution is 0.101. The highest BCUT2D eigenvalue weighted by Crippen LogP contribution is 2.32. The fourth-order valence-electron chi connectivity index (χ4n) is 3.76. The summed E-state index contributed by atoms with van der Waals surface area (Å²) in [5.41, 5.74) is -0.177. The van der Waals surface area contributed by atoms with Crippen molar-refractivity contribution in [1.29, 1.82) is 0 Å². The van der Waals surface area contributed by atoms with Crippen LogP contribution in [0, 0.1) is 11.6 Å². The zero-order valence-electron chi connectivity index (χ0n) is 18.9. The fourth-order valence-corrected chi connectivity index (χ4v) is 4.89. The number of hydrogen-bond acceptors (Lipinski definition) is 5. The van der Waals surface area contributed by atoms with Gasteiger partial charge in [-0.3, -0.25) is 9.59 Å². The van der Waals surface area contributed by atoms with Gasteiger partial charge in [0.2, 0.25) is 5.78 Å². The van der Waals surface area contributed by atoms with E-state index in [1.54, 1.807) is 10.7 Å². The van der Waals surface area contributed by atoms with Crippen LogP contribution >= 0.6 is 39.3 Å². The molecule has 5 rings (SSSR count). The monoisotopic (exact) mass is 601 g/mol. The zero-order chi connectivity index (χ0) is 26.3. The molecule has 5 aromatic rings. The molecule has 3 heterocycles. The SMILES string of the molecule is CSc1cc(C(=O)Nc2cc(Br)c(F)c(C(=O)c3c[nH]c4ncc(Cl)cc34)c2F)nn1-c1ccccc1. The topological polar surface area (TPSA) is 92.7 Å². The molecule has 0 fully saturated rings. The second-order valence-electron chi connectivity index (χ2n) is 7.76. The maximum atomic E-state index is 15.5. The Labute approximate surface area is 226 Å². The summed E-state index contributed by atoms with van der Waals surface area (Å²) in [5.74, 6) is -4.01. The number of thioether (sulfide) groups is 1. The minimum atomic E-state index is -1.23. The molecule has 0 spiro atoms. The van der Waals surface area contributed by atoms with E-state index in [-0.39, 0.29) is 20.8 Å². The highest BCUT2D eigenvalue weighted by Gasteiger charge is 2.28. The maximum Gasteiger partial charge on any atom is 0.276 e. The number of aromatic amines is 1. The molecule has 0 saturated heterocycles. The molecule has 0 radical (unpaired) electrons. The van der Waals surface area contributed by atoms with Crippen molar-refractivity contribution >= 4 is 67.7 Å². The number of fused-ring (bicyclic) bond motifs is 1. The van der Waals surface area contributed by atoms with Crippen LogP contribution in [0.2, 0.25) is 5.02 Å². The van der Waals surface area contributed by atoms with Gasteiger partial charge in [-0.1, -0.05) is 29.8 Å². The molecule has 186 valence electrons. The van der Waals surface area contributed by atoms with Crippen molar-refractivity contribution in [2.45, 2.75) is 5.03 Å². The molecule has 2 aromatic carbocycles. The molecule has 0 atom stereocenters. The number of halogens is 4. The smallest absolute Gasteiger partial charge is 0.276 e. The lowest BCUT2D eigenvalue weighted by atomic mass is 10.0. The first kappa shape index (κ1) is 25.1. The number of hydrogen-bond donors (Lipinski definition) is 2. The number of pyridine rings is 1. The zero-order valence-corrected chi connectivity index (χ0v) is 22.0. The van der Waals surface area contributed by atoms with Crippen LogP contribution in [0.1, 0.15) is 26.4 Å². The van der Waals surface area contributed by atoms with Crippen molar-refractivity contribution in [2.24, 2.45) is 0 Å². The Hall–Kier alpha value is -3.54. The number of ketones is 1. The van der Waals surface area contributed by atoms with E-state index < -0.39 is 34.6 Å². The molecule has 3 aromatic heterocycles. The first-order valence-corrected chi connectivity index (χ1v) is 13.0. The van der Waals surface area contributed by atoms with Gasteiger partial charge in [0.25, 0.3) is 5.91 Å². The number of amides is 1. The van der Waals surface area contributed by atoms with E-state index >= 15 is 8.78 Å². The molecule has 0 saturated carbocycles. The minimum absolute atomic E-state index is 0.0123. The summed E-state index contributed by atoms with van der Waals surface area (Å²) in [6.07, 6.45) is 4.51. The fraction of sp³-hybridized carbons (Fsp3) is 0.0400. The third-order valence-corrected chi connectivity index (χ3v) is 6.99. The summed E-state index contributed by atoms with van der Waals surface area (Å²) in [6, 6.07) is 13.3. The first-order chi connectivity index (χ1) is 17.8. The largest absolute Gasteiger partial charge is 0.345 e. The molecule has 37 heavy (non-hydrogen) atoms. The van der Waals surface area contributed by atoms with Gasteiger partial charge in [0.1, 0.15) is 10.7 Å². The number of nitrogens with one attached hydrogen (secondary N) is 2. The second kappa shape index (κ2) is 10.1. The number of para-hydroxylation sites is 1. The second-order valence-corrected chi connectivity index (χ2v) is 9.88. The van der Waals surface area contributed by atoms with Crippen LogP contribution in [0.25, 0.3) is 16.7 Å². The highest BCUT2D eigenvalue weighted by molar-refractivity contribution is 9.10. The van der Waals surface area contributed by atoms with E-state index in [0.29, 0.717) is 16.1 Å². The van der Waals surface area contributed by atoms with Crippen molar-refractivity contribution in [1.82, 2.24) is 19.7 Å². The Bertz CT molecular complexity index is 1690. The van der Waals surface area contributed by atoms with Gasteiger partial charge in [-0.15, -0.1) is 11.8 Å². The summed E-state index contributed by atoms with van der Waals surface area (Å²) in [4.78, 5) is 33.1. The minimum Gasteiger partial charge on any atom is -0.345 e.